The molecule has 5 rings (SSSR count). The Labute approximate surface area is 260 Å². The predicted molar refractivity (Wildman–Crippen MR) is 169 cm³/mol. The van der Waals surface area contributed by atoms with Gasteiger partial charge in [0.15, 0.2) is 0 Å². The number of hydrogen-bond acceptors (Lipinski definition) is 8. The lowest BCUT2D eigenvalue weighted by atomic mass is 9.86. The third-order valence-electron chi connectivity index (χ3n) is 8.50. The Bertz CT molecular complexity index is 1660. The number of benzene rings is 3. The molecule has 44 heavy (non-hydrogen) atoms. The van der Waals surface area contributed by atoms with Gasteiger partial charge in [0, 0.05) is 31.2 Å². The molecule has 0 bridgehead atoms. The number of methoxy groups -OCH3 is 1. The van der Waals surface area contributed by atoms with E-state index in [0.29, 0.717) is 31.8 Å². The van der Waals surface area contributed by atoms with Crippen molar-refractivity contribution >= 4 is 31.7 Å². The Balaban J connectivity index is 1.36. The summed E-state index contributed by atoms with van der Waals surface area (Å²) in [6, 6.07) is 20.4. The van der Waals surface area contributed by atoms with Gasteiger partial charge in [-0.1, -0.05) is 38.8 Å². The lowest BCUT2D eigenvalue weighted by molar-refractivity contribution is 0.0734. The standard InChI is InChI=1S/C32H39N3O7S2/c1-4-34(5-2)44(39,40)28-20-12-24(13-21-28)32(36)42-27-18-14-25(15-19-27)35(22-23-10-16-26(41-3)17-11-23)31-29-8-6-7-9-30(29)43(37,38)33-31/h10-21,29-31,33H,4-9,22H2,1-3H3. The number of nitrogens with one attached hydrogen (secondary N) is 1. The lowest BCUT2D eigenvalue weighted by Gasteiger charge is -2.36. The molecule has 1 N–H and O–H groups in total. The molecule has 1 heterocycles. The van der Waals surface area contributed by atoms with Crippen LogP contribution in [0.2, 0.25) is 0 Å². The van der Waals surface area contributed by atoms with Crippen molar-refractivity contribution in [2.75, 3.05) is 25.1 Å². The van der Waals surface area contributed by atoms with Gasteiger partial charge in [-0.05, 0) is 79.1 Å². The Morgan fingerprint density at radius 1 is 0.886 bits per heavy atom. The first-order valence-corrected chi connectivity index (χ1v) is 17.9. The molecule has 1 saturated heterocycles. The lowest BCUT2D eigenvalue weighted by Crippen LogP contribution is -2.46. The first kappa shape index (κ1) is 32.0. The van der Waals surface area contributed by atoms with E-state index >= 15 is 0 Å². The van der Waals surface area contributed by atoms with E-state index in [-0.39, 0.29) is 16.4 Å². The second kappa shape index (κ2) is 13.3. The summed E-state index contributed by atoms with van der Waals surface area (Å²) in [4.78, 5) is 15.1. The SMILES string of the molecule is CCN(CC)S(=O)(=O)c1ccc(C(=O)Oc2ccc(N(Cc3ccc(OC)cc3)C3NS(=O)(=O)C4CCCCC34)cc2)cc1. The van der Waals surface area contributed by atoms with Crippen LogP contribution < -0.4 is 19.1 Å². The van der Waals surface area contributed by atoms with E-state index in [1.807, 2.05) is 36.4 Å². The topological polar surface area (TPSA) is 122 Å². The van der Waals surface area contributed by atoms with Crippen LogP contribution in [0.5, 0.6) is 11.5 Å². The molecular weight excluding hydrogens is 603 g/mol. The Morgan fingerprint density at radius 2 is 1.50 bits per heavy atom. The minimum absolute atomic E-state index is 0.0435. The normalized spacial score (nSPS) is 21.0. The molecule has 12 heteroatoms. The number of esters is 1. The van der Waals surface area contributed by atoms with E-state index < -0.39 is 37.4 Å². The number of rotatable bonds is 11. The molecule has 236 valence electrons. The molecule has 3 aromatic rings. The summed E-state index contributed by atoms with van der Waals surface area (Å²) in [6.45, 7) is 4.71. The molecule has 0 amide bonds. The summed E-state index contributed by atoms with van der Waals surface area (Å²) in [5.41, 5.74) is 1.99. The average Bonchev–Trinajstić information content (AvgIpc) is 3.31. The molecule has 1 aliphatic heterocycles. The predicted octanol–water partition coefficient (Wildman–Crippen LogP) is 4.77. The second-order valence-corrected chi connectivity index (χ2v) is 14.9. The van der Waals surface area contributed by atoms with Gasteiger partial charge < -0.3 is 14.4 Å². The first-order valence-electron chi connectivity index (χ1n) is 14.9. The fourth-order valence-electron chi connectivity index (χ4n) is 6.13. The highest BCUT2D eigenvalue weighted by Gasteiger charge is 2.49. The van der Waals surface area contributed by atoms with Crippen molar-refractivity contribution in [3.05, 3.63) is 83.9 Å². The fraction of sp³-hybridized carbons (Fsp3) is 0.406. The third-order valence-corrected chi connectivity index (χ3v) is 12.5. The van der Waals surface area contributed by atoms with Gasteiger partial charge in [0.05, 0.1) is 29.0 Å². The van der Waals surface area contributed by atoms with Gasteiger partial charge in [-0.2, -0.15) is 9.03 Å². The van der Waals surface area contributed by atoms with Crippen molar-refractivity contribution in [3.8, 4) is 11.5 Å². The number of nitrogens with zero attached hydrogens (tertiary/aromatic N) is 2. The molecule has 1 saturated carbocycles. The zero-order chi connectivity index (χ0) is 31.5. The largest absolute Gasteiger partial charge is 0.497 e. The van der Waals surface area contributed by atoms with E-state index in [1.165, 1.54) is 28.6 Å². The monoisotopic (exact) mass is 641 g/mol. The third kappa shape index (κ3) is 6.63. The molecule has 0 radical (unpaired) electrons. The van der Waals surface area contributed by atoms with Crippen molar-refractivity contribution < 1.29 is 31.1 Å². The summed E-state index contributed by atoms with van der Waals surface area (Å²) in [5, 5.41) is -0.409. The minimum Gasteiger partial charge on any atom is -0.497 e. The molecule has 3 aromatic carbocycles. The molecule has 3 unspecified atom stereocenters. The van der Waals surface area contributed by atoms with Gasteiger partial charge in [0.25, 0.3) is 0 Å². The van der Waals surface area contributed by atoms with Gasteiger partial charge >= 0.3 is 5.97 Å². The molecule has 2 aliphatic rings. The van der Waals surface area contributed by atoms with Crippen LogP contribution in [0.4, 0.5) is 5.69 Å². The molecule has 10 nitrogen and oxygen atoms in total. The number of anilines is 1. The van der Waals surface area contributed by atoms with Crippen LogP contribution in [0.1, 0.15) is 55.5 Å². The number of carbonyl (C=O) groups excluding carboxylic acids is 1. The fourth-order valence-corrected chi connectivity index (χ4v) is 9.63. The summed E-state index contributed by atoms with van der Waals surface area (Å²) in [5.74, 6) is 0.386. The van der Waals surface area contributed by atoms with Crippen LogP contribution in [0.25, 0.3) is 0 Å². The molecule has 3 atom stereocenters. The number of ether oxygens (including phenoxy) is 2. The van der Waals surface area contributed by atoms with Gasteiger partial charge in [-0.15, -0.1) is 0 Å². The maximum absolute atomic E-state index is 13.1. The van der Waals surface area contributed by atoms with E-state index in [9.17, 15) is 21.6 Å². The van der Waals surface area contributed by atoms with Crippen molar-refractivity contribution in [2.45, 2.75) is 62.4 Å². The van der Waals surface area contributed by atoms with E-state index in [4.69, 9.17) is 9.47 Å². The minimum atomic E-state index is -3.64. The van der Waals surface area contributed by atoms with Crippen molar-refractivity contribution in [2.24, 2.45) is 5.92 Å². The van der Waals surface area contributed by atoms with E-state index in [0.717, 1.165) is 36.3 Å². The molecule has 0 aromatic heterocycles. The maximum Gasteiger partial charge on any atom is 0.343 e. The quantitative estimate of drug-likeness (QED) is 0.235. The second-order valence-electron chi connectivity index (χ2n) is 11.1. The van der Waals surface area contributed by atoms with Crippen LogP contribution in [0.3, 0.4) is 0 Å². The van der Waals surface area contributed by atoms with Crippen LogP contribution in [0.15, 0.2) is 77.7 Å². The van der Waals surface area contributed by atoms with Gasteiger partial charge in [-0.25, -0.2) is 21.6 Å². The van der Waals surface area contributed by atoms with Gasteiger partial charge in [-0.3, -0.25) is 0 Å². The number of sulfonamides is 2. The Kier molecular flexibility index (Phi) is 9.64. The Hall–Kier alpha value is -3.45. The highest BCUT2D eigenvalue weighted by molar-refractivity contribution is 7.90. The van der Waals surface area contributed by atoms with Gasteiger partial charge in [0.1, 0.15) is 11.5 Å². The van der Waals surface area contributed by atoms with Gasteiger partial charge in [0.2, 0.25) is 20.0 Å². The highest BCUT2D eigenvalue weighted by Crippen LogP contribution is 2.40. The van der Waals surface area contributed by atoms with Crippen LogP contribution in [0, 0.1) is 5.92 Å². The van der Waals surface area contributed by atoms with Crippen molar-refractivity contribution in [1.29, 1.82) is 0 Å². The van der Waals surface area contributed by atoms with Crippen LogP contribution in [-0.2, 0) is 26.6 Å². The molecule has 1 aliphatic carbocycles. The average molecular weight is 642 g/mol. The number of fused-ring (bicyclic) bond motifs is 1. The summed E-state index contributed by atoms with van der Waals surface area (Å²) in [6.07, 6.45) is 2.96. The molecular formula is C32H39N3O7S2. The maximum atomic E-state index is 13.1. The Morgan fingerprint density at radius 3 is 2.11 bits per heavy atom. The summed E-state index contributed by atoms with van der Waals surface area (Å²) >= 11 is 0. The highest BCUT2D eigenvalue weighted by atomic mass is 32.2. The number of carbonyl (C=O) groups is 1. The first-order chi connectivity index (χ1) is 21.1. The van der Waals surface area contributed by atoms with Crippen LogP contribution in [-0.4, -0.2) is 58.7 Å². The van der Waals surface area contributed by atoms with Crippen LogP contribution >= 0.6 is 0 Å². The van der Waals surface area contributed by atoms with E-state index in [2.05, 4.69) is 9.62 Å². The molecule has 0 spiro atoms. The van der Waals surface area contributed by atoms with Crippen molar-refractivity contribution in [1.82, 2.24) is 9.03 Å². The number of hydrogen-bond donors (Lipinski definition) is 1. The molecule has 2 fully saturated rings. The van der Waals surface area contributed by atoms with Crippen molar-refractivity contribution in [3.63, 3.8) is 0 Å². The summed E-state index contributed by atoms with van der Waals surface area (Å²) < 4.78 is 66.9. The van der Waals surface area contributed by atoms with E-state index in [1.54, 1.807) is 33.1 Å². The zero-order valence-corrected chi connectivity index (χ0v) is 26.8. The smallest absolute Gasteiger partial charge is 0.343 e. The zero-order valence-electron chi connectivity index (χ0n) is 25.2. The summed E-state index contributed by atoms with van der Waals surface area (Å²) in [7, 11) is -5.47.